The maximum absolute atomic E-state index is 12.4. The summed E-state index contributed by atoms with van der Waals surface area (Å²) in [6.07, 6.45) is 8.80. The van der Waals surface area contributed by atoms with Crippen molar-refractivity contribution in [3.8, 4) is 12.3 Å². The molecular formula is C19H26N6O. The van der Waals surface area contributed by atoms with E-state index in [0.29, 0.717) is 30.9 Å². The topological polar surface area (TPSA) is 67.2 Å². The molecule has 138 valence electrons. The second-order valence-corrected chi connectivity index (χ2v) is 7.37. The van der Waals surface area contributed by atoms with E-state index < -0.39 is 0 Å². The third kappa shape index (κ3) is 5.14. The van der Waals surface area contributed by atoms with Crippen LogP contribution >= 0.6 is 0 Å². The number of hydrogen-bond acceptors (Lipinski definition) is 5. The number of aromatic nitrogens is 4. The van der Waals surface area contributed by atoms with Crippen molar-refractivity contribution in [2.75, 3.05) is 27.2 Å². The van der Waals surface area contributed by atoms with Gasteiger partial charge in [-0.3, -0.25) is 9.69 Å². The average Bonchev–Trinajstić information content (AvgIpc) is 3.08. The van der Waals surface area contributed by atoms with Crippen LogP contribution in [0, 0.1) is 12.3 Å². The van der Waals surface area contributed by atoms with Crippen LogP contribution in [0.25, 0.3) is 0 Å². The Labute approximate surface area is 155 Å². The molecule has 2 heterocycles. The molecule has 7 nitrogen and oxygen atoms in total. The Balaban J connectivity index is 1.85. The Morgan fingerprint density at radius 2 is 2.00 bits per heavy atom. The number of likely N-dealkylation sites (N-methyl/N-ethyl adjacent to an activating group) is 2. The van der Waals surface area contributed by atoms with Gasteiger partial charge in [-0.05, 0) is 40.0 Å². The first-order valence-corrected chi connectivity index (χ1v) is 8.49. The summed E-state index contributed by atoms with van der Waals surface area (Å²) < 4.78 is 1.86. The maximum atomic E-state index is 12.4. The summed E-state index contributed by atoms with van der Waals surface area (Å²) in [5.74, 6) is 2.37. The van der Waals surface area contributed by atoms with Crippen molar-refractivity contribution >= 4 is 5.91 Å². The second-order valence-electron chi connectivity index (χ2n) is 7.37. The van der Waals surface area contributed by atoms with Crippen molar-refractivity contribution in [3.63, 3.8) is 0 Å². The molecule has 26 heavy (non-hydrogen) atoms. The van der Waals surface area contributed by atoms with Crippen LogP contribution in [0.2, 0.25) is 0 Å². The molecule has 0 N–H and O–H groups in total. The molecule has 7 heteroatoms. The molecule has 0 bridgehead atoms. The van der Waals surface area contributed by atoms with Crippen LogP contribution in [0.4, 0.5) is 0 Å². The van der Waals surface area contributed by atoms with Crippen LogP contribution in [0.5, 0.6) is 0 Å². The number of terminal acetylenes is 1. The number of hydrogen-bond donors (Lipinski definition) is 0. The minimum atomic E-state index is -0.124. The van der Waals surface area contributed by atoms with E-state index in [4.69, 9.17) is 6.42 Å². The first kappa shape index (κ1) is 19.6. The van der Waals surface area contributed by atoms with E-state index in [1.807, 2.05) is 17.9 Å². The van der Waals surface area contributed by atoms with E-state index >= 15 is 0 Å². The molecule has 0 atom stereocenters. The zero-order valence-electron chi connectivity index (χ0n) is 16.1. The van der Waals surface area contributed by atoms with E-state index in [-0.39, 0.29) is 11.4 Å². The molecule has 1 amide bonds. The molecule has 0 radical (unpaired) electrons. The standard InChI is InChI=1S/C19H26N6O/c1-7-15-8-9-17(20-12-15)18(26)24(6)11-10-23(5)13-16-14-25(22-21-16)19(2,3)4/h1,8-9,12,14H,10-11,13H2,2-6H3. The van der Waals surface area contributed by atoms with Gasteiger partial charge in [0.2, 0.25) is 0 Å². The predicted molar refractivity (Wildman–Crippen MR) is 100 cm³/mol. The van der Waals surface area contributed by atoms with Gasteiger partial charge in [0.25, 0.3) is 5.91 Å². The van der Waals surface area contributed by atoms with Gasteiger partial charge in [-0.25, -0.2) is 9.67 Å². The van der Waals surface area contributed by atoms with Gasteiger partial charge in [0.15, 0.2) is 0 Å². The normalized spacial score (nSPS) is 11.4. The van der Waals surface area contributed by atoms with Crippen molar-refractivity contribution in [2.24, 2.45) is 0 Å². The number of rotatable bonds is 6. The first-order valence-electron chi connectivity index (χ1n) is 8.49. The van der Waals surface area contributed by atoms with Crippen molar-refractivity contribution in [3.05, 3.63) is 41.5 Å². The van der Waals surface area contributed by atoms with Crippen LogP contribution in [-0.4, -0.2) is 62.9 Å². The summed E-state index contributed by atoms with van der Waals surface area (Å²) in [5, 5.41) is 8.38. The molecule has 2 aromatic rings. The fourth-order valence-electron chi connectivity index (χ4n) is 2.28. The van der Waals surface area contributed by atoms with Gasteiger partial charge in [-0.1, -0.05) is 11.1 Å². The van der Waals surface area contributed by atoms with Gasteiger partial charge in [-0.2, -0.15) is 0 Å². The summed E-state index contributed by atoms with van der Waals surface area (Å²) in [4.78, 5) is 20.3. The minimum absolute atomic E-state index is 0.0849. The van der Waals surface area contributed by atoms with Gasteiger partial charge < -0.3 is 4.90 Å². The molecule has 0 aromatic carbocycles. The number of amides is 1. The average molecular weight is 354 g/mol. The third-order valence-electron chi connectivity index (χ3n) is 3.97. The van der Waals surface area contributed by atoms with Gasteiger partial charge in [0, 0.05) is 38.4 Å². The fourth-order valence-corrected chi connectivity index (χ4v) is 2.28. The highest BCUT2D eigenvalue weighted by atomic mass is 16.2. The SMILES string of the molecule is C#Cc1ccc(C(=O)N(C)CCN(C)Cc2cn(C(C)(C)C)nn2)nc1. The van der Waals surface area contributed by atoms with Crippen LogP contribution in [0.3, 0.4) is 0 Å². The summed E-state index contributed by atoms with van der Waals surface area (Å²) in [6, 6.07) is 3.38. The third-order valence-corrected chi connectivity index (χ3v) is 3.97. The molecule has 0 unspecified atom stereocenters. The molecule has 2 aromatic heterocycles. The molecular weight excluding hydrogens is 328 g/mol. The molecule has 0 saturated heterocycles. The van der Waals surface area contributed by atoms with Crippen LogP contribution in [0.1, 0.15) is 42.5 Å². The largest absolute Gasteiger partial charge is 0.339 e. The Morgan fingerprint density at radius 3 is 2.54 bits per heavy atom. The van der Waals surface area contributed by atoms with E-state index in [1.54, 1.807) is 24.1 Å². The van der Waals surface area contributed by atoms with Gasteiger partial charge >= 0.3 is 0 Å². The maximum Gasteiger partial charge on any atom is 0.272 e. The number of pyridine rings is 1. The number of carbonyl (C=O) groups is 1. The predicted octanol–water partition coefficient (Wildman–Crippen LogP) is 1.61. The van der Waals surface area contributed by atoms with Crippen molar-refractivity contribution in [1.29, 1.82) is 0 Å². The summed E-state index contributed by atoms with van der Waals surface area (Å²) in [5.41, 5.74) is 1.87. The van der Waals surface area contributed by atoms with Crippen LogP contribution < -0.4 is 0 Å². The Morgan fingerprint density at radius 1 is 1.27 bits per heavy atom. The molecule has 0 spiro atoms. The van der Waals surface area contributed by atoms with Gasteiger partial charge in [0.1, 0.15) is 5.69 Å². The van der Waals surface area contributed by atoms with E-state index in [9.17, 15) is 4.79 Å². The minimum Gasteiger partial charge on any atom is -0.339 e. The fraction of sp³-hybridized carbons (Fsp3) is 0.474. The Kier molecular flexibility index (Phi) is 6.11. The smallest absolute Gasteiger partial charge is 0.272 e. The first-order chi connectivity index (χ1) is 12.2. The molecule has 0 aliphatic heterocycles. The van der Waals surface area contributed by atoms with Crippen LogP contribution in [-0.2, 0) is 12.1 Å². The molecule has 2 rings (SSSR count). The summed E-state index contributed by atoms with van der Waals surface area (Å²) >= 11 is 0. The lowest BCUT2D eigenvalue weighted by atomic mass is 10.1. The summed E-state index contributed by atoms with van der Waals surface area (Å²) in [7, 11) is 3.76. The highest BCUT2D eigenvalue weighted by molar-refractivity contribution is 5.92. The quantitative estimate of drug-likeness (QED) is 0.738. The van der Waals surface area contributed by atoms with Gasteiger partial charge in [-0.15, -0.1) is 11.5 Å². The van der Waals surface area contributed by atoms with E-state index in [2.05, 4.69) is 46.9 Å². The lowest BCUT2D eigenvalue weighted by Crippen LogP contribution is -2.35. The van der Waals surface area contributed by atoms with Crippen LogP contribution in [0.15, 0.2) is 24.5 Å². The highest BCUT2D eigenvalue weighted by Gasteiger charge is 2.17. The Hall–Kier alpha value is -2.72. The number of carbonyl (C=O) groups excluding carboxylic acids is 1. The van der Waals surface area contributed by atoms with E-state index in [1.165, 1.54) is 6.20 Å². The molecule has 0 saturated carbocycles. The van der Waals surface area contributed by atoms with E-state index in [0.717, 1.165) is 5.69 Å². The zero-order valence-corrected chi connectivity index (χ0v) is 16.1. The number of nitrogens with zero attached hydrogens (tertiary/aromatic N) is 6. The lowest BCUT2D eigenvalue weighted by molar-refractivity contribution is 0.0775. The summed E-state index contributed by atoms with van der Waals surface area (Å²) in [6.45, 7) is 8.22. The molecule has 0 aliphatic rings. The second kappa shape index (κ2) is 8.11. The molecule has 0 fully saturated rings. The Bertz CT molecular complexity index is 782. The van der Waals surface area contributed by atoms with Crippen molar-refractivity contribution in [2.45, 2.75) is 32.9 Å². The highest BCUT2D eigenvalue weighted by Crippen LogP contribution is 2.12. The molecule has 0 aliphatic carbocycles. The van der Waals surface area contributed by atoms with Crippen molar-refractivity contribution < 1.29 is 4.79 Å². The zero-order chi connectivity index (χ0) is 19.3. The monoisotopic (exact) mass is 354 g/mol. The van der Waals surface area contributed by atoms with Gasteiger partial charge in [0.05, 0.1) is 17.4 Å². The van der Waals surface area contributed by atoms with Crippen molar-refractivity contribution in [1.82, 2.24) is 29.8 Å². The lowest BCUT2D eigenvalue weighted by Gasteiger charge is -2.21.